The molecule has 0 heterocycles. The summed E-state index contributed by atoms with van der Waals surface area (Å²) in [6, 6.07) is 4.46. The summed E-state index contributed by atoms with van der Waals surface area (Å²) in [7, 11) is 1.69. The normalized spacial score (nSPS) is 14.2. The first-order chi connectivity index (χ1) is 9.94. The van der Waals surface area contributed by atoms with Crippen molar-refractivity contribution >= 4 is 23.6 Å². The van der Waals surface area contributed by atoms with E-state index in [2.05, 4.69) is 5.32 Å². The maximum atomic E-state index is 13.6. The molecule has 0 atom stereocenters. The Labute approximate surface area is 122 Å². The van der Waals surface area contributed by atoms with Crippen LogP contribution in [0, 0.1) is 5.82 Å². The zero-order valence-corrected chi connectivity index (χ0v) is 11.7. The first-order valence-electron chi connectivity index (χ1n) is 6.66. The van der Waals surface area contributed by atoms with E-state index in [1.165, 1.54) is 18.2 Å². The summed E-state index contributed by atoms with van der Waals surface area (Å²) in [5, 5.41) is 11.4. The van der Waals surface area contributed by atoms with Crippen LogP contribution in [0.4, 0.5) is 10.1 Å². The lowest BCUT2D eigenvalue weighted by atomic mass is 10.1. The van der Waals surface area contributed by atoms with Crippen LogP contribution in [0.2, 0.25) is 0 Å². The molecule has 6 heteroatoms. The lowest BCUT2D eigenvalue weighted by Crippen LogP contribution is -2.36. The van der Waals surface area contributed by atoms with E-state index in [0.29, 0.717) is 11.3 Å². The van der Waals surface area contributed by atoms with Gasteiger partial charge in [-0.05, 0) is 42.7 Å². The van der Waals surface area contributed by atoms with E-state index < -0.39 is 11.8 Å². The number of nitrogens with one attached hydrogen (secondary N) is 1. The van der Waals surface area contributed by atoms with Crippen LogP contribution in [0.15, 0.2) is 24.3 Å². The van der Waals surface area contributed by atoms with Crippen molar-refractivity contribution in [1.29, 1.82) is 0 Å². The molecule has 1 aromatic rings. The highest BCUT2D eigenvalue weighted by Gasteiger charge is 2.23. The second-order valence-corrected chi connectivity index (χ2v) is 5.11. The van der Waals surface area contributed by atoms with E-state index >= 15 is 0 Å². The molecule has 1 fully saturated rings. The van der Waals surface area contributed by atoms with Crippen molar-refractivity contribution in [3.63, 3.8) is 0 Å². The number of anilines is 1. The molecular weight excluding hydrogens is 275 g/mol. The smallest absolute Gasteiger partial charge is 0.328 e. The molecule has 1 amide bonds. The molecule has 0 aromatic heterocycles. The molecule has 0 spiro atoms. The van der Waals surface area contributed by atoms with E-state index in [1.54, 1.807) is 18.0 Å². The zero-order chi connectivity index (χ0) is 15.4. The SMILES string of the molecule is CN(CC(=O)NC1CC1)c1cc(F)cc(/C=C/C(=O)O)c1. The van der Waals surface area contributed by atoms with Gasteiger partial charge in [-0.15, -0.1) is 0 Å². The largest absolute Gasteiger partial charge is 0.478 e. The molecule has 1 saturated carbocycles. The average molecular weight is 292 g/mol. The van der Waals surface area contributed by atoms with E-state index in [0.717, 1.165) is 18.9 Å². The zero-order valence-electron chi connectivity index (χ0n) is 11.7. The van der Waals surface area contributed by atoms with Crippen molar-refractivity contribution in [2.24, 2.45) is 0 Å². The Morgan fingerprint density at radius 1 is 1.43 bits per heavy atom. The number of hydrogen-bond donors (Lipinski definition) is 2. The van der Waals surface area contributed by atoms with Crippen LogP contribution in [0.5, 0.6) is 0 Å². The lowest BCUT2D eigenvalue weighted by Gasteiger charge is -2.19. The van der Waals surface area contributed by atoms with E-state index in [-0.39, 0.29) is 18.5 Å². The molecule has 0 saturated heterocycles. The van der Waals surface area contributed by atoms with E-state index in [1.807, 2.05) is 0 Å². The number of carboxylic acids is 1. The number of benzene rings is 1. The summed E-state index contributed by atoms with van der Waals surface area (Å²) in [6.07, 6.45) is 4.28. The Hall–Kier alpha value is -2.37. The first-order valence-corrected chi connectivity index (χ1v) is 6.66. The number of carbonyl (C=O) groups is 2. The highest BCUT2D eigenvalue weighted by Crippen LogP contribution is 2.20. The lowest BCUT2D eigenvalue weighted by molar-refractivity contribution is -0.131. The van der Waals surface area contributed by atoms with Crippen molar-refractivity contribution in [1.82, 2.24) is 5.32 Å². The van der Waals surface area contributed by atoms with Gasteiger partial charge in [-0.25, -0.2) is 9.18 Å². The predicted octanol–water partition coefficient (Wildman–Crippen LogP) is 1.64. The average Bonchev–Trinajstić information content (AvgIpc) is 3.19. The van der Waals surface area contributed by atoms with Crippen molar-refractivity contribution in [2.45, 2.75) is 18.9 Å². The van der Waals surface area contributed by atoms with Crippen LogP contribution in [-0.4, -0.2) is 36.6 Å². The van der Waals surface area contributed by atoms with Gasteiger partial charge in [0.15, 0.2) is 0 Å². The van der Waals surface area contributed by atoms with Crippen LogP contribution in [0.25, 0.3) is 6.08 Å². The van der Waals surface area contributed by atoms with Gasteiger partial charge in [-0.1, -0.05) is 0 Å². The van der Waals surface area contributed by atoms with Crippen molar-refractivity contribution in [2.75, 3.05) is 18.5 Å². The minimum absolute atomic E-state index is 0.105. The Morgan fingerprint density at radius 3 is 2.76 bits per heavy atom. The van der Waals surface area contributed by atoms with Crippen LogP contribution in [-0.2, 0) is 9.59 Å². The molecule has 0 unspecified atom stereocenters. The third-order valence-electron chi connectivity index (χ3n) is 3.09. The Kier molecular flexibility index (Phi) is 4.57. The molecule has 112 valence electrons. The number of hydrogen-bond acceptors (Lipinski definition) is 3. The third-order valence-corrected chi connectivity index (χ3v) is 3.09. The van der Waals surface area contributed by atoms with Gasteiger partial charge in [-0.2, -0.15) is 0 Å². The minimum atomic E-state index is -1.10. The Morgan fingerprint density at radius 2 is 2.14 bits per heavy atom. The molecule has 1 aliphatic carbocycles. The molecular formula is C15H17FN2O3. The standard InChI is InChI=1S/C15H17FN2O3/c1-18(9-14(19)17-12-3-4-12)13-7-10(2-5-15(20)21)6-11(16)8-13/h2,5-8,12H,3-4,9H2,1H3,(H,17,19)(H,20,21)/b5-2+. The van der Waals surface area contributed by atoms with E-state index in [9.17, 15) is 14.0 Å². The summed E-state index contributed by atoms with van der Waals surface area (Å²) in [5.41, 5.74) is 0.952. The predicted molar refractivity (Wildman–Crippen MR) is 77.5 cm³/mol. The van der Waals surface area contributed by atoms with E-state index in [4.69, 9.17) is 5.11 Å². The fraction of sp³-hybridized carbons (Fsp3) is 0.333. The van der Waals surface area contributed by atoms with Gasteiger partial charge in [0.2, 0.25) is 5.91 Å². The highest BCUT2D eigenvalue weighted by molar-refractivity contribution is 5.86. The van der Waals surface area contributed by atoms with Gasteiger partial charge in [0.05, 0.1) is 6.54 Å². The number of rotatable bonds is 6. The van der Waals surface area contributed by atoms with Gasteiger partial charge < -0.3 is 15.3 Å². The number of halogens is 1. The van der Waals surface area contributed by atoms with Crippen LogP contribution >= 0.6 is 0 Å². The monoisotopic (exact) mass is 292 g/mol. The van der Waals surface area contributed by atoms with Crippen LogP contribution in [0.1, 0.15) is 18.4 Å². The van der Waals surface area contributed by atoms with Crippen molar-refractivity contribution in [3.8, 4) is 0 Å². The second kappa shape index (κ2) is 6.39. The fourth-order valence-electron chi connectivity index (χ4n) is 1.89. The molecule has 0 radical (unpaired) electrons. The minimum Gasteiger partial charge on any atom is -0.478 e. The summed E-state index contributed by atoms with van der Waals surface area (Å²) < 4.78 is 13.6. The maximum Gasteiger partial charge on any atom is 0.328 e. The molecule has 2 N–H and O–H groups in total. The van der Waals surface area contributed by atoms with Crippen molar-refractivity contribution in [3.05, 3.63) is 35.7 Å². The number of likely N-dealkylation sites (N-methyl/N-ethyl adjacent to an activating group) is 1. The molecule has 0 bridgehead atoms. The maximum absolute atomic E-state index is 13.6. The molecule has 2 rings (SSSR count). The fourth-order valence-corrected chi connectivity index (χ4v) is 1.89. The van der Waals surface area contributed by atoms with Crippen molar-refractivity contribution < 1.29 is 19.1 Å². The number of carbonyl (C=O) groups excluding carboxylic acids is 1. The summed E-state index contributed by atoms with van der Waals surface area (Å²) >= 11 is 0. The summed E-state index contributed by atoms with van der Waals surface area (Å²) in [6.45, 7) is 0.127. The molecule has 21 heavy (non-hydrogen) atoms. The van der Waals surface area contributed by atoms with Gasteiger partial charge in [0, 0.05) is 24.9 Å². The summed E-state index contributed by atoms with van der Waals surface area (Å²) in [4.78, 5) is 23.8. The van der Waals surface area contributed by atoms with Crippen LogP contribution in [0.3, 0.4) is 0 Å². The summed E-state index contributed by atoms with van der Waals surface area (Å²) in [5.74, 6) is -1.68. The Bertz CT molecular complexity index is 582. The van der Waals surface area contributed by atoms with Gasteiger partial charge in [0.25, 0.3) is 0 Å². The topological polar surface area (TPSA) is 69.6 Å². The van der Waals surface area contributed by atoms with Crippen LogP contribution < -0.4 is 10.2 Å². The molecule has 5 nitrogen and oxygen atoms in total. The number of nitrogens with zero attached hydrogens (tertiary/aromatic N) is 1. The quantitative estimate of drug-likeness (QED) is 0.782. The number of amides is 1. The molecule has 1 aromatic carbocycles. The third kappa shape index (κ3) is 4.91. The number of carboxylic acid groups (broad SMARTS) is 1. The Balaban J connectivity index is 2.06. The van der Waals surface area contributed by atoms with Gasteiger partial charge >= 0.3 is 5.97 Å². The first kappa shape index (κ1) is 15.0. The highest BCUT2D eigenvalue weighted by atomic mass is 19.1. The molecule has 0 aliphatic heterocycles. The van der Waals surface area contributed by atoms with Gasteiger partial charge in [-0.3, -0.25) is 4.79 Å². The second-order valence-electron chi connectivity index (χ2n) is 5.11. The number of aliphatic carboxylic acids is 1. The molecule has 1 aliphatic rings. The van der Waals surface area contributed by atoms with Gasteiger partial charge in [0.1, 0.15) is 5.82 Å².